The zero-order chi connectivity index (χ0) is 17.4. The fourth-order valence-electron chi connectivity index (χ4n) is 2.48. The van der Waals surface area contributed by atoms with Crippen molar-refractivity contribution >= 4 is 41.7 Å². The third-order valence-corrected chi connectivity index (χ3v) is 5.17. The third kappa shape index (κ3) is 7.62. The summed E-state index contributed by atoms with van der Waals surface area (Å²) in [5.74, 6) is 3.41. The van der Waals surface area contributed by atoms with Gasteiger partial charge in [0.1, 0.15) is 11.9 Å². The molecule has 0 aliphatic carbocycles. The number of rotatable bonds is 7. The number of hydrogen-bond donors (Lipinski definition) is 3. The van der Waals surface area contributed by atoms with Crippen LogP contribution in [0.5, 0.6) is 5.75 Å². The molecule has 1 aromatic carbocycles. The number of halogens is 1. The molecule has 0 bridgehead atoms. The predicted octanol–water partition coefficient (Wildman–Crippen LogP) is 2.80. The maximum absolute atomic E-state index is 10.4. The number of hydrogen-bond acceptors (Lipinski definition) is 4. The smallest absolute Gasteiger partial charge is 0.191 e. The molecule has 0 aromatic heterocycles. The molecule has 25 heavy (non-hydrogen) atoms. The van der Waals surface area contributed by atoms with Gasteiger partial charge in [-0.1, -0.05) is 18.2 Å². The molecule has 2 rings (SSSR count). The van der Waals surface area contributed by atoms with Crippen LogP contribution in [-0.4, -0.2) is 53.9 Å². The molecule has 0 amide bonds. The molecule has 5 nitrogen and oxygen atoms in total. The third-order valence-electron chi connectivity index (χ3n) is 3.94. The van der Waals surface area contributed by atoms with Crippen LogP contribution in [-0.2, 0) is 0 Å². The van der Waals surface area contributed by atoms with E-state index in [1.54, 1.807) is 11.8 Å². The Labute approximate surface area is 172 Å². The molecule has 7 heteroatoms. The Kier molecular flexibility index (Phi) is 9.96. The minimum Gasteiger partial charge on any atom is -0.489 e. The second-order valence-corrected chi connectivity index (χ2v) is 7.40. The van der Waals surface area contributed by atoms with Gasteiger partial charge in [0, 0.05) is 12.3 Å². The summed E-state index contributed by atoms with van der Waals surface area (Å²) in [7, 11) is 0. The SMILES string of the molecule is CCNC(=NCC1(O)CCSC1)NCC(C)Oc1ccccc1C.I. The van der Waals surface area contributed by atoms with Crippen LogP contribution in [0.25, 0.3) is 0 Å². The number of nitrogens with zero attached hydrogens (tertiary/aromatic N) is 1. The van der Waals surface area contributed by atoms with Gasteiger partial charge in [-0.05, 0) is 44.6 Å². The van der Waals surface area contributed by atoms with Crippen LogP contribution in [0.3, 0.4) is 0 Å². The van der Waals surface area contributed by atoms with Crippen molar-refractivity contribution in [2.75, 3.05) is 31.1 Å². The first kappa shape index (κ1) is 22.4. The molecule has 1 heterocycles. The van der Waals surface area contributed by atoms with E-state index in [-0.39, 0.29) is 30.1 Å². The van der Waals surface area contributed by atoms with Crippen LogP contribution in [0.1, 0.15) is 25.8 Å². The molecular formula is C18H30IN3O2S. The zero-order valence-corrected chi connectivity index (χ0v) is 18.4. The Morgan fingerprint density at radius 1 is 1.40 bits per heavy atom. The quantitative estimate of drug-likeness (QED) is 0.319. The summed E-state index contributed by atoms with van der Waals surface area (Å²) in [6, 6.07) is 8.01. The second-order valence-electron chi connectivity index (χ2n) is 6.30. The fraction of sp³-hybridized carbons (Fsp3) is 0.611. The van der Waals surface area contributed by atoms with Gasteiger partial charge < -0.3 is 20.5 Å². The first-order valence-corrected chi connectivity index (χ1v) is 9.72. The van der Waals surface area contributed by atoms with Gasteiger partial charge in [0.2, 0.25) is 0 Å². The zero-order valence-electron chi connectivity index (χ0n) is 15.2. The minimum atomic E-state index is -0.656. The van der Waals surface area contributed by atoms with Crippen LogP contribution in [0.2, 0.25) is 0 Å². The lowest BCUT2D eigenvalue weighted by Gasteiger charge is -2.21. The highest BCUT2D eigenvalue weighted by atomic mass is 127. The summed E-state index contributed by atoms with van der Waals surface area (Å²) in [4.78, 5) is 4.54. The average Bonchev–Trinajstić information content (AvgIpc) is 2.99. The molecular weight excluding hydrogens is 449 g/mol. The van der Waals surface area contributed by atoms with E-state index in [1.807, 2.05) is 45.0 Å². The lowest BCUT2D eigenvalue weighted by atomic mass is 10.1. The van der Waals surface area contributed by atoms with Gasteiger partial charge in [-0.15, -0.1) is 24.0 Å². The standard InChI is InChI=1S/C18H29N3O2S.HI/c1-4-19-17(21-12-18(22)9-10-24-13-18)20-11-15(3)23-16-8-6-5-7-14(16)2;/h5-8,15,22H,4,9-13H2,1-3H3,(H2,19,20,21);1H. The number of aliphatic imine (C=N–C) groups is 1. The molecule has 2 atom stereocenters. The summed E-state index contributed by atoms with van der Waals surface area (Å²) in [5, 5.41) is 16.9. The highest BCUT2D eigenvalue weighted by molar-refractivity contribution is 14.0. The van der Waals surface area contributed by atoms with Crippen molar-refractivity contribution in [3.63, 3.8) is 0 Å². The topological polar surface area (TPSA) is 65.9 Å². The van der Waals surface area contributed by atoms with Gasteiger partial charge in [0.15, 0.2) is 5.96 Å². The highest BCUT2D eigenvalue weighted by Gasteiger charge is 2.31. The number of ether oxygens (including phenoxy) is 1. The summed E-state index contributed by atoms with van der Waals surface area (Å²) < 4.78 is 5.97. The number of benzene rings is 1. The van der Waals surface area contributed by atoms with Crippen molar-refractivity contribution in [2.24, 2.45) is 4.99 Å². The molecule has 1 aliphatic rings. The molecule has 0 saturated carbocycles. The van der Waals surface area contributed by atoms with Gasteiger partial charge in [0.25, 0.3) is 0 Å². The monoisotopic (exact) mass is 479 g/mol. The van der Waals surface area contributed by atoms with Crippen molar-refractivity contribution < 1.29 is 9.84 Å². The minimum absolute atomic E-state index is 0. The maximum Gasteiger partial charge on any atom is 0.191 e. The number of para-hydroxylation sites is 1. The van der Waals surface area contributed by atoms with E-state index >= 15 is 0 Å². The molecule has 1 saturated heterocycles. The van der Waals surface area contributed by atoms with Gasteiger partial charge in [-0.3, -0.25) is 4.99 Å². The average molecular weight is 479 g/mol. The summed E-state index contributed by atoms with van der Waals surface area (Å²) in [5.41, 5.74) is 0.474. The van der Waals surface area contributed by atoms with Crippen LogP contribution in [0.4, 0.5) is 0 Å². The molecule has 0 spiro atoms. The number of aliphatic hydroxyl groups is 1. The number of aryl methyl sites for hydroxylation is 1. The Morgan fingerprint density at radius 2 is 2.16 bits per heavy atom. The Hall–Kier alpha value is -0.670. The van der Waals surface area contributed by atoms with Crippen LogP contribution in [0.15, 0.2) is 29.3 Å². The van der Waals surface area contributed by atoms with Crippen LogP contribution >= 0.6 is 35.7 Å². The predicted molar refractivity (Wildman–Crippen MR) is 118 cm³/mol. The van der Waals surface area contributed by atoms with Crippen molar-refractivity contribution in [1.82, 2.24) is 10.6 Å². The van der Waals surface area contributed by atoms with Crippen molar-refractivity contribution in [2.45, 2.75) is 38.9 Å². The van der Waals surface area contributed by atoms with Crippen molar-refractivity contribution in [3.8, 4) is 5.75 Å². The molecule has 1 aromatic rings. The number of guanidine groups is 1. The largest absolute Gasteiger partial charge is 0.489 e. The number of thioether (sulfide) groups is 1. The first-order valence-electron chi connectivity index (χ1n) is 8.57. The second kappa shape index (κ2) is 11.1. The van der Waals surface area contributed by atoms with Gasteiger partial charge in [-0.2, -0.15) is 11.8 Å². The Bertz CT molecular complexity index is 551. The van der Waals surface area contributed by atoms with E-state index in [1.165, 1.54) is 0 Å². The lowest BCUT2D eigenvalue weighted by Crippen LogP contribution is -2.43. The van der Waals surface area contributed by atoms with Gasteiger partial charge in [-0.25, -0.2) is 0 Å². The van der Waals surface area contributed by atoms with E-state index < -0.39 is 5.60 Å². The lowest BCUT2D eigenvalue weighted by molar-refractivity contribution is 0.0778. The summed E-state index contributed by atoms with van der Waals surface area (Å²) >= 11 is 1.79. The van der Waals surface area contributed by atoms with Gasteiger partial charge in [0.05, 0.1) is 18.7 Å². The van der Waals surface area contributed by atoms with E-state index in [0.717, 1.165) is 41.7 Å². The molecule has 3 N–H and O–H groups in total. The summed E-state index contributed by atoms with van der Waals surface area (Å²) in [6.45, 7) is 7.97. The van der Waals surface area contributed by atoms with E-state index in [4.69, 9.17) is 4.74 Å². The normalized spacial score (nSPS) is 21.4. The molecule has 0 radical (unpaired) electrons. The Balaban J connectivity index is 0.00000312. The van der Waals surface area contributed by atoms with E-state index in [2.05, 4.69) is 15.6 Å². The van der Waals surface area contributed by atoms with Crippen LogP contribution < -0.4 is 15.4 Å². The van der Waals surface area contributed by atoms with Gasteiger partial charge >= 0.3 is 0 Å². The first-order chi connectivity index (χ1) is 11.5. The van der Waals surface area contributed by atoms with Crippen molar-refractivity contribution in [3.05, 3.63) is 29.8 Å². The van der Waals surface area contributed by atoms with Crippen molar-refractivity contribution in [1.29, 1.82) is 0 Å². The molecule has 2 unspecified atom stereocenters. The highest BCUT2D eigenvalue weighted by Crippen LogP contribution is 2.27. The van der Waals surface area contributed by atoms with Crippen LogP contribution in [0, 0.1) is 6.92 Å². The fourth-order valence-corrected chi connectivity index (χ4v) is 3.76. The maximum atomic E-state index is 10.4. The molecule has 142 valence electrons. The number of nitrogens with one attached hydrogen (secondary N) is 2. The van der Waals surface area contributed by atoms with E-state index in [9.17, 15) is 5.11 Å². The molecule has 1 aliphatic heterocycles. The Morgan fingerprint density at radius 3 is 2.80 bits per heavy atom. The summed E-state index contributed by atoms with van der Waals surface area (Å²) in [6.07, 6.45) is 0.827. The van der Waals surface area contributed by atoms with E-state index in [0.29, 0.717) is 13.1 Å². The molecule has 1 fully saturated rings.